The Hall–Kier alpha value is -1.16. The highest BCUT2D eigenvalue weighted by Crippen LogP contribution is 2.67. The van der Waals surface area contributed by atoms with Crippen molar-refractivity contribution >= 4 is 11.8 Å². The van der Waals surface area contributed by atoms with E-state index in [9.17, 15) is 14.7 Å². The van der Waals surface area contributed by atoms with Crippen molar-refractivity contribution in [1.29, 1.82) is 0 Å². The van der Waals surface area contributed by atoms with E-state index in [4.69, 9.17) is 4.74 Å². The van der Waals surface area contributed by atoms with Gasteiger partial charge in [-0.25, -0.2) is 4.79 Å². The maximum atomic E-state index is 13.1. The predicted molar refractivity (Wildman–Crippen MR) is 100 cm³/mol. The molecule has 0 saturated heterocycles. The minimum atomic E-state index is -0.619. The van der Waals surface area contributed by atoms with Crippen LogP contribution in [0, 0.1) is 34.0 Å². The van der Waals surface area contributed by atoms with E-state index in [1.807, 2.05) is 6.08 Å². The van der Waals surface area contributed by atoms with Gasteiger partial charge in [0, 0.05) is 17.8 Å². The van der Waals surface area contributed by atoms with Crippen LogP contribution in [0.2, 0.25) is 0 Å². The Balaban J connectivity index is 2.16. The van der Waals surface area contributed by atoms with Crippen molar-refractivity contribution in [2.24, 2.45) is 34.0 Å². The van der Waals surface area contributed by atoms with E-state index < -0.39 is 18.0 Å². The number of aliphatic hydroxyl groups excluding tert-OH is 1. The molecule has 2 bridgehead atoms. The normalized spacial score (nSPS) is 48.3. The second kappa shape index (κ2) is 6.47. The van der Waals surface area contributed by atoms with Gasteiger partial charge in [-0.2, -0.15) is 0 Å². The van der Waals surface area contributed by atoms with Gasteiger partial charge in [0.1, 0.15) is 18.5 Å². The molecule has 3 rings (SSSR count). The number of ether oxygens (including phenoxy) is 1. The Morgan fingerprint density at radius 1 is 1.27 bits per heavy atom. The highest BCUT2D eigenvalue weighted by Gasteiger charge is 2.66. The van der Waals surface area contributed by atoms with Crippen LogP contribution in [0.15, 0.2) is 12.7 Å². The van der Waals surface area contributed by atoms with Crippen LogP contribution in [-0.2, 0) is 14.3 Å². The summed E-state index contributed by atoms with van der Waals surface area (Å²) in [5.74, 6) is 0.421. The third kappa shape index (κ3) is 2.67. The van der Waals surface area contributed by atoms with Gasteiger partial charge in [-0.3, -0.25) is 4.79 Å². The fourth-order valence-corrected chi connectivity index (χ4v) is 6.72. The van der Waals surface area contributed by atoms with Crippen molar-refractivity contribution in [3.8, 4) is 0 Å². The lowest BCUT2D eigenvalue weighted by atomic mass is 9.44. The summed E-state index contributed by atoms with van der Waals surface area (Å²) in [7, 11) is 0. The molecular formula is C22H34O4. The molecule has 3 fully saturated rings. The lowest BCUT2D eigenvalue weighted by Crippen LogP contribution is -2.60. The number of allylic oxidation sites excluding steroid dienone is 1. The second-order valence-electron chi connectivity index (χ2n) is 9.74. The smallest absolute Gasteiger partial charge is 0.332 e. The zero-order valence-corrected chi connectivity index (χ0v) is 16.7. The zero-order valence-electron chi connectivity index (χ0n) is 16.7. The summed E-state index contributed by atoms with van der Waals surface area (Å²) >= 11 is 0. The molecule has 0 heterocycles. The Morgan fingerprint density at radius 2 is 1.96 bits per heavy atom. The molecule has 0 aliphatic heterocycles. The molecule has 0 aromatic rings. The van der Waals surface area contributed by atoms with Crippen LogP contribution >= 0.6 is 0 Å². The van der Waals surface area contributed by atoms with Crippen LogP contribution in [0.5, 0.6) is 0 Å². The van der Waals surface area contributed by atoms with Gasteiger partial charge < -0.3 is 9.84 Å². The maximum Gasteiger partial charge on any atom is 0.332 e. The van der Waals surface area contributed by atoms with Crippen molar-refractivity contribution in [2.45, 2.75) is 72.3 Å². The lowest BCUT2D eigenvalue weighted by Gasteiger charge is -2.60. The molecule has 0 spiro atoms. The molecule has 0 aromatic heterocycles. The van der Waals surface area contributed by atoms with Gasteiger partial charge in [-0.1, -0.05) is 33.8 Å². The van der Waals surface area contributed by atoms with Crippen LogP contribution in [0.4, 0.5) is 0 Å². The number of esters is 1. The SMILES string of the molecule is C=C[C@@]1(C)C[C@H](C)[C@]23CCC(=O)[C@H]2[C@@](C)([C@H](C)CC3)[C@H](OC(=O)CO)C1. The molecule has 4 heteroatoms. The number of aliphatic hydroxyl groups is 1. The molecule has 0 amide bonds. The van der Waals surface area contributed by atoms with E-state index in [1.54, 1.807) is 0 Å². The highest BCUT2D eigenvalue weighted by molar-refractivity contribution is 5.85. The quantitative estimate of drug-likeness (QED) is 0.611. The third-order valence-corrected chi connectivity index (χ3v) is 8.46. The number of carbonyl (C=O) groups excluding carboxylic acids is 2. The average molecular weight is 363 g/mol. The van der Waals surface area contributed by atoms with Gasteiger partial charge in [0.15, 0.2) is 0 Å². The van der Waals surface area contributed by atoms with Gasteiger partial charge >= 0.3 is 5.97 Å². The predicted octanol–water partition coefficient (Wildman–Crippen LogP) is 3.91. The first-order chi connectivity index (χ1) is 12.1. The minimum absolute atomic E-state index is 0.00685. The summed E-state index contributed by atoms with van der Waals surface area (Å²) in [5, 5.41) is 9.27. The first-order valence-electron chi connectivity index (χ1n) is 10.1. The fourth-order valence-electron chi connectivity index (χ4n) is 6.72. The van der Waals surface area contributed by atoms with E-state index in [-0.39, 0.29) is 22.9 Å². The van der Waals surface area contributed by atoms with Crippen LogP contribution in [0.25, 0.3) is 0 Å². The van der Waals surface area contributed by atoms with Gasteiger partial charge in [-0.15, -0.1) is 6.58 Å². The molecule has 3 aliphatic carbocycles. The molecule has 7 atom stereocenters. The molecule has 26 heavy (non-hydrogen) atoms. The molecular weight excluding hydrogens is 328 g/mol. The first-order valence-corrected chi connectivity index (χ1v) is 10.1. The number of carbonyl (C=O) groups is 2. The Morgan fingerprint density at radius 3 is 2.58 bits per heavy atom. The summed E-state index contributed by atoms with van der Waals surface area (Å²) in [6.07, 6.45) is 6.97. The van der Waals surface area contributed by atoms with E-state index in [0.29, 0.717) is 30.5 Å². The van der Waals surface area contributed by atoms with Crippen molar-refractivity contribution in [3.63, 3.8) is 0 Å². The second-order valence-corrected chi connectivity index (χ2v) is 9.74. The molecule has 3 aliphatic rings. The number of rotatable bonds is 3. The van der Waals surface area contributed by atoms with E-state index >= 15 is 0 Å². The van der Waals surface area contributed by atoms with Crippen LogP contribution < -0.4 is 0 Å². The van der Waals surface area contributed by atoms with Crippen molar-refractivity contribution < 1.29 is 19.4 Å². The first kappa shape index (κ1) is 19.6. The summed E-state index contributed by atoms with van der Waals surface area (Å²) in [6, 6.07) is 0. The minimum Gasteiger partial charge on any atom is -0.460 e. The molecule has 3 saturated carbocycles. The number of Topliss-reactive ketones (excluding diaryl/α,β-unsaturated/α-hetero) is 1. The Kier molecular flexibility index (Phi) is 4.88. The summed E-state index contributed by atoms with van der Waals surface area (Å²) in [4.78, 5) is 25.1. The van der Waals surface area contributed by atoms with E-state index in [1.165, 1.54) is 0 Å². The standard InChI is InChI=1S/C22H34O4/c1-6-20(4)11-15(3)22-9-7-14(2)21(5,19(22)16(24)8-10-22)17(12-20)26-18(25)13-23/h6,14-15,17,19,23H,1,7-13H2,2-5H3/t14-,15+,17-,19+,20+,21+,22+/m1/s1. The van der Waals surface area contributed by atoms with Gasteiger partial charge in [0.2, 0.25) is 0 Å². The Labute approximate surface area is 157 Å². The number of hydrogen-bond donors (Lipinski definition) is 1. The lowest BCUT2D eigenvalue weighted by molar-refractivity contribution is -0.193. The van der Waals surface area contributed by atoms with Crippen molar-refractivity contribution in [3.05, 3.63) is 12.7 Å². The van der Waals surface area contributed by atoms with Gasteiger partial charge in [0.05, 0.1) is 0 Å². The molecule has 4 nitrogen and oxygen atoms in total. The topological polar surface area (TPSA) is 63.6 Å². The molecule has 0 aromatic carbocycles. The summed E-state index contributed by atoms with van der Waals surface area (Å²) < 4.78 is 5.83. The summed E-state index contributed by atoms with van der Waals surface area (Å²) in [6.45, 7) is 12.3. The van der Waals surface area contributed by atoms with Crippen molar-refractivity contribution in [1.82, 2.24) is 0 Å². The third-order valence-electron chi connectivity index (χ3n) is 8.46. The average Bonchev–Trinajstić information content (AvgIpc) is 2.95. The van der Waals surface area contributed by atoms with Gasteiger partial charge in [0.25, 0.3) is 0 Å². The Bertz CT molecular complexity index is 613. The number of ketones is 1. The molecule has 1 N–H and O–H groups in total. The summed E-state index contributed by atoms with van der Waals surface area (Å²) in [5.41, 5.74) is -0.537. The van der Waals surface area contributed by atoms with Crippen LogP contribution in [0.3, 0.4) is 0 Å². The maximum absolute atomic E-state index is 13.1. The van der Waals surface area contributed by atoms with Crippen molar-refractivity contribution in [2.75, 3.05) is 6.61 Å². The van der Waals surface area contributed by atoms with Crippen LogP contribution in [-0.4, -0.2) is 29.6 Å². The fraction of sp³-hybridized carbons (Fsp3) is 0.818. The monoisotopic (exact) mass is 362 g/mol. The van der Waals surface area contributed by atoms with Gasteiger partial charge in [-0.05, 0) is 54.8 Å². The van der Waals surface area contributed by atoms with E-state index in [0.717, 1.165) is 25.7 Å². The highest BCUT2D eigenvalue weighted by atomic mass is 16.6. The number of hydrogen-bond acceptors (Lipinski definition) is 4. The molecule has 146 valence electrons. The largest absolute Gasteiger partial charge is 0.460 e. The van der Waals surface area contributed by atoms with E-state index in [2.05, 4.69) is 34.3 Å². The molecule has 0 unspecified atom stereocenters. The molecule has 0 radical (unpaired) electrons. The zero-order chi connectivity index (χ0) is 19.3. The van der Waals surface area contributed by atoms with Crippen LogP contribution in [0.1, 0.15) is 66.2 Å².